The zero-order valence-electron chi connectivity index (χ0n) is 13.2. The van der Waals surface area contributed by atoms with E-state index in [9.17, 15) is 26.3 Å². The summed E-state index contributed by atoms with van der Waals surface area (Å²) in [6.07, 6.45) is -9.88. The van der Waals surface area contributed by atoms with E-state index in [-0.39, 0.29) is 11.5 Å². The van der Waals surface area contributed by atoms with Gasteiger partial charge in [-0.3, -0.25) is 0 Å². The minimum Gasteiger partial charge on any atom is -0.426 e. The fourth-order valence-corrected chi connectivity index (χ4v) is 2.06. The monoisotopic (exact) mass is 388 g/mol. The molecule has 142 valence electrons. The van der Waals surface area contributed by atoms with Gasteiger partial charge in [0.25, 0.3) is 0 Å². The van der Waals surface area contributed by atoms with Crippen LogP contribution in [0.1, 0.15) is 0 Å². The van der Waals surface area contributed by atoms with E-state index in [4.69, 9.17) is 5.73 Å². The number of hydrogen-bond donors (Lipinski definition) is 1. The molecule has 0 radical (unpaired) electrons. The summed E-state index contributed by atoms with van der Waals surface area (Å²) in [4.78, 5) is 3.99. The van der Waals surface area contributed by atoms with Gasteiger partial charge in [-0.1, -0.05) is 0 Å². The van der Waals surface area contributed by atoms with Crippen molar-refractivity contribution in [3.63, 3.8) is 0 Å². The molecule has 1 heterocycles. The molecule has 5 nitrogen and oxygen atoms in total. The molecule has 0 aliphatic rings. The van der Waals surface area contributed by atoms with Crippen LogP contribution in [0.3, 0.4) is 0 Å². The van der Waals surface area contributed by atoms with E-state index in [1.807, 2.05) is 0 Å². The fourth-order valence-electron chi connectivity index (χ4n) is 2.06. The second kappa shape index (κ2) is 6.49. The van der Waals surface area contributed by atoms with Crippen molar-refractivity contribution >= 4 is 5.69 Å². The summed E-state index contributed by atoms with van der Waals surface area (Å²) in [5, 5.41) is 4.09. The lowest BCUT2D eigenvalue weighted by Crippen LogP contribution is -2.41. The van der Waals surface area contributed by atoms with Crippen molar-refractivity contribution in [1.29, 1.82) is 0 Å². The first-order chi connectivity index (χ1) is 12.6. The molecule has 0 saturated carbocycles. The van der Waals surface area contributed by atoms with Crippen molar-refractivity contribution in [2.24, 2.45) is 0 Å². The molecule has 0 aliphatic carbocycles. The highest BCUT2D eigenvalue weighted by molar-refractivity contribution is 5.59. The Balaban J connectivity index is 1.80. The molecule has 2 aromatic carbocycles. The molecular weight excluding hydrogens is 378 g/mol. The topological polar surface area (TPSA) is 66.0 Å². The summed E-state index contributed by atoms with van der Waals surface area (Å²) in [7, 11) is 0. The van der Waals surface area contributed by atoms with Gasteiger partial charge in [0, 0.05) is 5.56 Å². The molecule has 0 saturated heterocycles. The van der Waals surface area contributed by atoms with Gasteiger partial charge in [-0.2, -0.15) is 22.0 Å². The molecule has 3 rings (SSSR count). The lowest BCUT2D eigenvalue weighted by Gasteiger charge is -2.20. The zero-order chi connectivity index (χ0) is 19.8. The predicted molar refractivity (Wildman–Crippen MR) is 82.8 cm³/mol. The predicted octanol–water partition coefficient (Wildman–Crippen LogP) is 4.19. The number of nitrogens with two attached hydrogens (primary N) is 1. The smallest absolute Gasteiger partial charge is 0.426 e. The van der Waals surface area contributed by atoms with Gasteiger partial charge >= 0.3 is 12.3 Å². The lowest BCUT2D eigenvalue weighted by molar-refractivity contribution is -0.360. The number of ether oxygens (including phenoxy) is 1. The number of rotatable bonds is 4. The van der Waals surface area contributed by atoms with Crippen LogP contribution in [0.25, 0.3) is 17.1 Å². The Labute approximate surface area is 148 Å². The van der Waals surface area contributed by atoms with Gasteiger partial charge in [0.15, 0.2) is 5.82 Å². The summed E-state index contributed by atoms with van der Waals surface area (Å²) in [5.74, 6) is -1.16. The number of aromatic nitrogens is 3. The van der Waals surface area contributed by atoms with Gasteiger partial charge in [0.2, 0.25) is 0 Å². The van der Waals surface area contributed by atoms with Gasteiger partial charge in [-0.05, 0) is 42.5 Å². The van der Waals surface area contributed by atoms with E-state index in [1.54, 1.807) is 0 Å². The summed E-state index contributed by atoms with van der Waals surface area (Å²) in [5.41, 5.74) is 6.02. The second-order valence-electron chi connectivity index (χ2n) is 5.36. The van der Waals surface area contributed by atoms with Gasteiger partial charge in [-0.15, -0.1) is 5.10 Å². The van der Waals surface area contributed by atoms with Crippen LogP contribution in [0, 0.1) is 5.82 Å². The molecule has 0 atom stereocenters. The summed E-state index contributed by atoms with van der Waals surface area (Å²) >= 11 is 0. The molecule has 1 aromatic heterocycles. The van der Waals surface area contributed by atoms with Crippen LogP contribution in [0.2, 0.25) is 0 Å². The van der Waals surface area contributed by atoms with E-state index in [0.29, 0.717) is 11.3 Å². The molecule has 3 aromatic rings. The van der Waals surface area contributed by atoms with Crippen molar-refractivity contribution in [3.8, 4) is 22.8 Å². The standard InChI is InChI=1S/C16H10F6N4O/c17-12-7-9(1-6-13(12)23)14-24-8-26(25-14)10-2-4-11(5-3-10)27-16(21,22)15(18,19)20/h1-8H,23H2. The van der Waals surface area contributed by atoms with Crippen molar-refractivity contribution < 1.29 is 31.1 Å². The molecule has 0 fully saturated rings. The Morgan fingerprint density at radius 3 is 2.22 bits per heavy atom. The maximum Gasteiger partial charge on any atom is 0.499 e. The van der Waals surface area contributed by atoms with Gasteiger partial charge < -0.3 is 10.5 Å². The van der Waals surface area contributed by atoms with E-state index in [1.165, 1.54) is 35.3 Å². The number of nitrogen functional groups attached to an aromatic ring is 1. The van der Waals surface area contributed by atoms with Crippen molar-refractivity contribution in [2.45, 2.75) is 12.3 Å². The Hall–Kier alpha value is -3.24. The van der Waals surface area contributed by atoms with Crippen LogP contribution in [0.5, 0.6) is 5.75 Å². The van der Waals surface area contributed by atoms with Crippen LogP contribution < -0.4 is 10.5 Å². The average molecular weight is 388 g/mol. The molecule has 0 amide bonds. The fraction of sp³-hybridized carbons (Fsp3) is 0.125. The number of halogens is 6. The van der Waals surface area contributed by atoms with Gasteiger partial charge in [-0.25, -0.2) is 14.1 Å². The number of hydrogen-bond acceptors (Lipinski definition) is 4. The molecule has 0 unspecified atom stereocenters. The molecule has 0 bridgehead atoms. The average Bonchev–Trinajstić information content (AvgIpc) is 3.07. The number of nitrogens with zero attached hydrogens (tertiary/aromatic N) is 3. The number of alkyl halides is 5. The Kier molecular flexibility index (Phi) is 4.46. The third-order valence-corrected chi connectivity index (χ3v) is 3.43. The highest BCUT2D eigenvalue weighted by Gasteiger charge is 2.61. The van der Waals surface area contributed by atoms with Crippen LogP contribution in [-0.2, 0) is 0 Å². The maximum absolute atomic E-state index is 13.5. The first-order valence-electron chi connectivity index (χ1n) is 7.28. The van der Waals surface area contributed by atoms with Crippen LogP contribution >= 0.6 is 0 Å². The Bertz CT molecular complexity index is 952. The van der Waals surface area contributed by atoms with E-state index in [0.717, 1.165) is 18.2 Å². The van der Waals surface area contributed by atoms with Crippen molar-refractivity contribution in [3.05, 3.63) is 54.6 Å². The quantitative estimate of drug-likeness (QED) is 0.538. The molecule has 11 heteroatoms. The van der Waals surface area contributed by atoms with Crippen LogP contribution in [-0.4, -0.2) is 27.0 Å². The lowest BCUT2D eigenvalue weighted by atomic mass is 10.2. The van der Waals surface area contributed by atoms with Crippen molar-refractivity contribution in [2.75, 3.05) is 5.73 Å². The molecule has 0 spiro atoms. The SMILES string of the molecule is Nc1ccc(-c2ncn(-c3ccc(OC(F)(F)C(F)(F)F)cc3)n2)cc1F. The van der Waals surface area contributed by atoms with Gasteiger partial charge in [0.05, 0.1) is 11.4 Å². The Morgan fingerprint density at radius 2 is 1.63 bits per heavy atom. The summed E-state index contributed by atoms with van der Waals surface area (Å²) < 4.78 is 80.6. The Morgan fingerprint density at radius 1 is 0.963 bits per heavy atom. The third-order valence-electron chi connectivity index (χ3n) is 3.43. The van der Waals surface area contributed by atoms with Crippen molar-refractivity contribution in [1.82, 2.24) is 14.8 Å². The minimum atomic E-state index is -5.83. The van der Waals surface area contributed by atoms with E-state index >= 15 is 0 Å². The van der Waals surface area contributed by atoms with E-state index in [2.05, 4.69) is 14.8 Å². The highest BCUT2D eigenvalue weighted by Crippen LogP contribution is 2.37. The normalized spacial score (nSPS) is 12.2. The van der Waals surface area contributed by atoms with E-state index < -0.39 is 23.9 Å². The molecule has 2 N–H and O–H groups in total. The number of anilines is 1. The summed E-state index contributed by atoms with van der Waals surface area (Å²) in [6.45, 7) is 0. The second-order valence-corrected chi connectivity index (χ2v) is 5.36. The number of benzene rings is 2. The van der Waals surface area contributed by atoms with Crippen LogP contribution in [0.15, 0.2) is 48.8 Å². The molecule has 27 heavy (non-hydrogen) atoms. The molecule has 0 aliphatic heterocycles. The third kappa shape index (κ3) is 3.81. The first kappa shape index (κ1) is 18.5. The minimum absolute atomic E-state index is 0.0376. The highest BCUT2D eigenvalue weighted by atomic mass is 19.4. The summed E-state index contributed by atoms with van der Waals surface area (Å²) in [6, 6.07) is 8.28. The van der Waals surface area contributed by atoms with Gasteiger partial charge in [0.1, 0.15) is 17.9 Å². The maximum atomic E-state index is 13.5. The zero-order valence-corrected chi connectivity index (χ0v) is 13.2. The van der Waals surface area contributed by atoms with Crippen LogP contribution in [0.4, 0.5) is 32.0 Å². The molecular formula is C16H10F6N4O. The largest absolute Gasteiger partial charge is 0.499 e. The first-order valence-corrected chi connectivity index (χ1v) is 7.28.